The Morgan fingerprint density at radius 1 is 1.67 bits per heavy atom. The standard InChI is InChI=1S/C11H19N3S/c1-8-6-15-10(13-8)11(12-3)5-9(2)14(4)7-11/h6,9,12H,5,7H2,1-4H3. The molecule has 1 N–H and O–H groups in total. The topological polar surface area (TPSA) is 28.2 Å². The number of thiazole rings is 1. The molecule has 4 heteroatoms. The van der Waals surface area contributed by atoms with Gasteiger partial charge in [0.1, 0.15) is 5.01 Å². The summed E-state index contributed by atoms with van der Waals surface area (Å²) < 4.78 is 0. The molecular weight excluding hydrogens is 206 g/mol. The molecule has 15 heavy (non-hydrogen) atoms. The number of likely N-dealkylation sites (tertiary alicyclic amines) is 1. The van der Waals surface area contributed by atoms with Crippen molar-refractivity contribution >= 4 is 11.3 Å². The van der Waals surface area contributed by atoms with E-state index in [0.29, 0.717) is 6.04 Å². The van der Waals surface area contributed by atoms with Crippen LogP contribution < -0.4 is 5.32 Å². The minimum Gasteiger partial charge on any atom is -0.307 e. The predicted octanol–water partition coefficient (Wildman–Crippen LogP) is 1.59. The van der Waals surface area contributed by atoms with Crippen LogP contribution in [0.5, 0.6) is 0 Å². The van der Waals surface area contributed by atoms with Crippen molar-refractivity contribution in [3.8, 4) is 0 Å². The predicted molar refractivity (Wildman–Crippen MR) is 64.3 cm³/mol. The lowest BCUT2D eigenvalue weighted by Gasteiger charge is -2.26. The van der Waals surface area contributed by atoms with Gasteiger partial charge in [-0.3, -0.25) is 0 Å². The molecule has 1 aliphatic heterocycles. The number of aryl methyl sites for hydroxylation is 1. The van der Waals surface area contributed by atoms with Gasteiger partial charge in [-0.25, -0.2) is 4.98 Å². The zero-order valence-corrected chi connectivity index (χ0v) is 10.7. The van der Waals surface area contributed by atoms with Gasteiger partial charge in [-0.05, 0) is 34.4 Å². The second-order valence-corrected chi connectivity index (χ2v) is 5.45. The van der Waals surface area contributed by atoms with Crippen LogP contribution in [0, 0.1) is 6.92 Å². The fourth-order valence-electron chi connectivity index (χ4n) is 2.32. The summed E-state index contributed by atoms with van der Waals surface area (Å²) in [5.41, 5.74) is 1.21. The molecule has 0 aliphatic carbocycles. The first kappa shape index (κ1) is 11.0. The number of likely N-dealkylation sites (N-methyl/N-ethyl adjacent to an activating group) is 2. The van der Waals surface area contributed by atoms with Gasteiger partial charge < -0.3 is 10.2 Å². The molecular formula is C11H19N3S. The summed E-state index contributed by atoms with van der Waals surface area (Å²) in [6.07, 6.45) is 1.15. The largest absolute Gasteiger partial charge is 0.307 e. The number of nitrogens with zero attached hydrogens (tertiary/aromatic N) is 2. The van der Waals surface area contributed by atoms with Crippen LogP contribution in [0.15, 0.2) is 5.38 Å². The highest BCUT2D eigenvalue weighted by molar-refractivity contribution is 7.09. The molecule has 84 valence electrons. The van der Waals surface area contributed by atoms with E-state index >= 15 is 0 Å². The normalized spacial score (nSPS) is 32.4. The molecule has 0 saturated carbocycles. The smallest absolute Gasteiger partial charge is 0.114 e. The van der Waals surface area contributed by atoms with E-state index < -0.39 is 0 Å². The Morgan fingerprint density at radius 3 is 2.80 bits per heavy atom. The van der Waals surface area contributed by atoms with Crippen molar-refractivity contribution in [2.45, 2.75) is 31.8 Å². The van der Waals surface area contributed by atoms with Gasteiger partial charge in [-0.1, -0.05) is 0 Å². The van der Waals surface area contributed by atoms with E-state index in [2.05, 4.69) is 41.5 Å². The van der Waals surface area contributed by atoms with Crippen molar-refractivity contribution in [1.29, 1.82) is 0 Å². The molecule has 1 fully saturated rings. The van der Waals surface area contributed by atoms with Gasteiger partial charge >= 0.3 is 0 Å². The van der Waals surface area contributed by atoms with Crippen molar-refractivity contribution in [2.24, 2.45) is 0 Å². The Morgan fingerprint density at radius 2 is 2.40 bits per heavy atom. The first-order valence-corrected chi connectivity index (χ1v) is 6.27. The van der Waals surface area contributed by atoms with Crippen LogP contribution >= 0.6 is 11.3 Å². The monoisotopic (exact) mass is 225 g/mol. The Balaban J connectivity index is 2.31. The molecule has 0 amide bonds. The molecule has 2 atom stereocenters. The molecule has 1 saturated heterocycles. The fraction of sp³-hybridized carbons (Fsp3) is 0.727. The lowest BCUT2D eigenvalue weighted by Crippen LogP contribution is -2.42. The van der Waals surface area contributed by atoms with Gasteiger partial charge in [0.15, 0.2) is 0 Å². The van der Waals surface area contributed by atoms with E-state index in [1.165, 1.54) is 5.01 Å². The average Bonchev–Trinajstić information content (AvgIpc) is 2.74. The molecule has 2 rings (SSSR count). The summed E-state index contributed by atoms with van der Waals surface area (Å²) in [6.45, 7) is 5.39. The second-order valence-electron chi connectivity index (χ2n) is 4.59. The highest BCUT2D eigenvalue weighted by atomic mass is 32.1. The minimum absolute atomic E-state index is 0.0765. The van der Waals surface area contributed by atoms with Crippen LogP contribution in [-0.2, 0) is 5.54 Å². The van der Waals surface area contributed by atoms with Gasteiger partial charge in [-0.15, -0.1) is 11.3 Å². The van der Waals surface area contributed by atoms with E-state index in [4.69, 9.17) is 0 Å². The van der Waals surface area contributed by atoms with Crippen LogP contribution in [0.2, 0.25) is 0 Å². The van der Waals surface area contributed by atoms with Crippen molar-refractivity contribution in [2.75, 3.05) is 20.6 Å². The Labute approximate surface area is 95.5 Å². The van der Waals surface area contributed by atoms with Crippen molar-refractivity contribution in [1.82, 2.24) is 15.2 Å². The third kappa shape index (κ3) is 1.82. The summed E-state index contributed by atoms with van der Waals surface area (Å²) in [6, 6.07) is 0.627. The van der Waals surface area contributed by atoms with E-state index in [0.717, 1.165) is 18.7 Å². The van der Waals surface area contributed by atoms with E-state index in [9.17, 15) is 0 Å². The first-order valence-electron chi connectivity index (χ1n) is 5.39. The maximum Gasteiger partial charge on any atom is 0.114 e. The first-order chi connectivity index (χ1) is 7.07. The molecule has 0 spiro atoms. The molecule has 1 aromatic heterocycles. The zero-order chi connectivity index (χ0) is 11.1. The lowest BCUT2D eigenvalue weighted by atomic mass is 9.97. The minimum atomic E-state index is 0.0765. The second kappa shape index (κ2) is 3.85. The number of hydrogen-bond acceptors (Lipinski definition) is 4. The number of nitrogens with one attached hydrogen (secondary N) is 1. The molecule has 0 aromatic carbocycles. The van der Waals surface area contributed by atoms with E-state index in [1.807, 2.05) is 7.05 Å². The third-order valence-electron chi connectivity index (χ3n) is 3.42. The van der Waals surface area contributed by atoms with Crippen LogP contribution in [-0.4, -0.2) is 36.6 Å². The SMILES string of the molecule is CNC1(c2nc(C)cs2)CC(C)N(C)C1. The van der Waals surface area contributed by atoms with Crippen molar-refractivity contribution in [3.05, 3.63) is 16.1 Å². The summed E-state index contributed by atoms with van der Waals surface area (Å²) >= 11 is 1.77. The fourth-order valence-corrected chi connectivity index (χ4v) is 3.33. The highest BCUT2D eigenvalue weighted by Gasteiger charge is 2.42. The molecule has 1 aliphatic rings. The lowest BCUT2D eigenvalue weighted by molar-refractivity contribution is 0.307. The number of rotatable bonds is 2. The summed E-state index contributed by atoms with van der Waals surface area (Å²) in [5.74, 6) is 0. The van der Waals surface area contributed by atoms with Crippen LogP contribution in [0.3, 0.4) is 0 Å². The van der Waals surface area contributed by atoms with Gasteiger partial charge in [0.25, 0.3) is 0 Å². The average molecular weight is 225 g/mol. The van der Waals surface area contributed by atoms with Gasteiger partial charge in [0.05, 0.1) is 5.54 Å². The maximum absolute atomic E-state index is 4.63. The third-order valence-corrected chi connectivity index (χ3v) is 4.59. The van der Waals surface area contributed by atoms with Crippen LogP contribution in [0.1, 0.15) is 24.0 Å². The number of aromatic nitrogens is 1. The number of hydrogen-bond donors (Lipinski definition) is 1. The van der Waals surface area contributed by atoms with E-state index in [-0.39, 0.29) is 5.54 Å². The summed E-state index contributed by atoms with van der Waals surface area (Å²) in [5, 5.41) is 6.85. The molecule has 2 heterocycles. The molecule has 0 radical (unpaired) electrons. The molecule has 1 aromatic rings. The zero-order valence-electron chi connectivity index (χ0n) is 9.87. The van der Waals surface area contributed by atoms with Crippen LogP contribution in [0.25, 0.3) is 0 Å². The molecule has 0 bridgehead atoms. The summed E-state index contributed by atoms with van der Waals surface area (Å²) in [4.78, 5) is 7.03. The maximum atomic E-state index is 4.63. The molecule has 2 unspecified atom stereocenters. The Kier molecular flexibility index (Phi) is 2.83. The van der Waals surface area contributed by atoms with Gasteiger partial charge in [0, 0.05) is 23.7 Å². The highest BCUT2D eigenvalue weighted by Crippen LogP contribution is 2.36. The van der Waals surface area contributed by atoms with E-state index in [1.54, 1.807) is 11.3 Å². The summed E-state index contributed by atoms with van der Waals surface area (Å²) in [7, 11) is 4.23. The molecule has 3 nitrogen and oxygen atoms in total. The van der Waals surface area contributed by atoms with Gasteiger partial charge in [0.2, 0.25) is 0 Å². The Bertz CT molecular complexity index is 337. The van der Waals surface area contributed by atoms with Crippen molar-refractivity contribution < 1.29 is 0 Å². The van der Waals surface area contributed by atoms with Gasteiger partial charge in [-0.2, -0.15) is 0 Å². The quantitative estimate of drug-likeness (QED) is 0.828. The van der Waals surface area contributed by atoms with Crippen LogP contribution in [0.4, 0.5) is 0 Å². The van der Waals surface area contributed by atoms with Crippen molar-refractivity contribution in [3.63, 3.8) is 0 Å². The Hall–Kier alpha value is -0.450.